The first-order valence-electron chi connectivity index (χ1n) is 5.45. The molecule has 1 atom stereocenters. The highest BCUT2D eigenvalue weighted by atomic mass is 19.1. The number of aromatic nitrogens is 2. The molecule has 3 nitrogen and oxygen atoms in total. The van der Waals surface area contributed by atoms with Crippen molar-refractivity contribution in [1.29, 1.82) is 0 Å². The minimum atomic E-state index is -0.248. The predicted molar refractivity (Wildman–Crippen MR) is 59.7 cm³/mol. The van der Waals surface area contributed by atoms with E-state index in [2.05, 4.69) is 15.3 Å². The summed E-state index contributed by atoms with van der Waals surface area (Å²) in [7, 11) is 0. The van der Waals surface area contributed by atoms with Gasteiger partial charge in [-0.25, -0.2) is 14.4 Å². The number of fused-ring (bicyclic) bond motifs is 1. The fourth-order valence-electron chi connectivity index (χ4n) is 2.26. The quantitative estimate of drug-likeness (QED) is 0.792. The summed E-state index contributed by atoms with van der Waals surface area (Å²) < 4.78 is 13.1. The van der Waals surface area contributed by atoms with E-state index in [9.17, 15) is 4.39 Å². The van der Waals surface area contributed by atoms with Crippen LogP contribution in [0.4, 0.5) is 4.39 Å². The van der Waals surface area contributed by atoms with Gasteiger partial charge in [-0.3, -0.25) is 0 Å². The molecule has 1 aromatic carbocycles. The number of rotatable bonds is 1. The molecule has 3 rings (SSSR count). The summed E-state index contributed by atoms with van der Waals surface area (Å²) in [5.41, 5.74) is 1.73. The third kappa shape index (κ3) is 1.55. The number of benzene rings is 1. The van der Waals surface area contributed by atoms with Crippen molar-refractivity contribution in [2.24, 2.45) is 0 Å². The minimum absolute atomic E-state index is 0.248. The van der Waals surface area contributed by atoms with Gasteiger partial charge in [0.1, 0.15) is 12.1 Å². The molecule has 0 spiro atoms. The van der Waals surface area contributed by atoms with Gasteiger partial charge in [0.25, 0.3) is 0 Å². The van der Waals surface area contributed by atoms with E-state index >= 15 is 0 Å². The first kappa shape index (κ1) is 9.66. The molecule has 0 bridgehead atoms. The molecule has 1 aliphatic heterocycles. The monoisotopic (exact) mass is 217 g/mol. The first-order chi connectivity index (χ1) is 7.84. The third-order valence-electron chi connectivity index (χ3n) is 3.08. The zero-order chi connectivity index (χ0) is 11.0. The molecule has 0 radical (unpaired) electrons. The SMILES string of the molecule is Fc1ccc2c(C3CCNC3)ncnc2c1. The topological polar surface area (TPSA) is 37.8 Å². The van der Waals surface area contributed by atoms with Crippen LogP contribution in [0.2, 0.25) is 0 Å². The summed E-state index contributed by atoms with van der Waals surface area (Å²) in [6.45, 7) is 1.97. The molecule has 1 saturated heterocycles. The second-order valence-electron chi connectivity index (χ2n) is 4.11. The van der Waals surface area contributed by atoms with Crippen LogP contribution in [0.1, 0.15) is 18.0 Å². The van der Waals surface area contributed by atoms with Crippen LogP contribution in [0, 0.1) is 5.82 Å². The molecule has 1 N–H and O–H groups in total. The lowest BCUT2D eigenvalue weighted by molar-refractivity contribution is 0.629. The van der Waals surface area contributed by atoms with E-state index in [4.69, 9.17) is 0 Å². The Balaban J connectivity index is 2.16. The standard InChI is InChI=1S/C12H12FN3/c13-9-1-2-10-11(5-9)15-7-16-12(10)8-3-4-14-6-8/h1-2,5,7-8,14H,3-4,6H2. The van der Waals surface area contributed by atoms with E-state index in [0.29, 0.717) is 11.4 Å². The molecule has 82 valence electrons. The van der Waals surface area contributed by atoms with Crippen LogP contribution >= 0.6 is 0 Å². The zero-order valence-corrected chi connectivity index (χ0v) is 8.78. The van der Waals surface area contributed by atoms with Crippen LogP contribution in [0.3, 0.4) is 0 Å². The molecule has 0 aliphatic carbocycles. The summed E-state index contributed by atoms with van der Waals surface area (Å²) in [6, 6.07) is 4.71. The maximum Gasteiger partial charge on any atom is 0.125 e. The number of hydrogen-bond donors (Lipinski definition) is 1. The van der Waals surface area contributed by atoms with Crippen molar-refractivity contribution in [3.8, 4) is 0 Å². The van der Waals surface area contributed by atoms with E-state index < -0.39 is 0 Å². The maximum atomic E-state index is 13.1. The molecule has 2 aromatic rings. The summed E-state index contributed by atoms with van der Waals surface area (Å²) in [4.78, 5) is 8.45. The highest BCUT2D eigenvalue weighted by Gasteiger charge is 2.20. The molecule has 0 amide bonds. The van der Waals surface area contributed by atoms with Gasteiger partial charge in [-0.05, 0) is 25.1 Å². The van der Waals surface area contributed by atoms with Gasteiger partial charge < -0.3 is 5.32 Å². The molecule has 4 heteroatoms. The molecule has 1 aromatic heterocycles. The van der Waals surface area contributed by atoms with Gasteiger partial charge in [0.15, 0.2) is 0 Å². The van der Waals surface area contributed by atoms with Crippen LogP contribution in [-0.2, 0) is 0 Å². The summed E-state index contributed by atoms with van der Waals surface area (Å²) >= 11 is 0. The van der Waals surface area contributed by atoms with E-state index in [1.165, 1.54) is 18.5 Å². The van der Waals surface area contributed by atoms with Crippen LogP contribution in [-0.4, -0.2) is 23.1 Å². The molecule has 1 aliphatic rings. The Bertz CT molecular complexity index is 521. The van der Waals surface area contributed by atoms with Crippen molar-refractivity contribution in [2.45, 2.75) is 12.3 Å². The van der Waals surface area contributed by atoms with Crippen molar-refractivity contribution < 1.29 is 4.39 Å². The summed E-state index contributed by atoms with van der Waals surface area (Å²) in [6.07, 6.45) is 2.61. The van der Waals surface area contributed by atoms with E-state index in [-0.39, 0.29) is 5.82 Å². The molecular weight excluding hydrogens is 205 g/mol. The van der Waals surface area contributed by atoms with Crippen LogP contribution in [0.25, 0.3) is 10.9 Å². The van der Waals surface area contributed by atoms with Crippen molar-refractivity contribution in [3.05, 3.63) is 36.0 Å². The molecule has 1 fully saturated rings. The lowest BCUT2D eigenvalue weighted by atomic mass is 10.0. The highest BCUT2D eigenvalue weighted by molar-refractivity contribution is 5.81. The zero-order valence-electron chi connectivity index (χ0n) is 8.78. The Hall–Kier alpha value is -1.55. The van der Waals surface area contributed by atoms with E-state index in [1.807, 2.05) is 0 Å². The molecule has 0 saturated carbocycles. The van der Waals surface area contributed by atoms with Crippen molar-refractivity contribution >= 4 is 10.9 Å². The second kappa shape index (κ2) is 3.79. The van der Waals surface area contributed by atoms with E-state index in [0.717, 1.165) is 30.6 Å². The summed E-state index contributed by atoms with van der Waals surface area (Å²) in [5, 5.41) is 4.28. The smallest absolute Gasteiger partial charge is 0.125 e. The largest absolute Gasteiger partial charge is 0.316 e. The van der Waals surface area contributed by atoms with Crippen molar-refractivity contribution in [2.75, 3.05) is 13.1 Å². The van der Waals surface area contributed by atoms with Gasteiger partial charge in [0, 0.05) is 23.9 Å². The maximum absolute atomic E-state index is 13.1. The number of nitrogens with zero attached hydrogens (tertiary/aromatic N) is 2. The Kier molecular flexibility index (Phi) is 2.29. The van der Waals surface area contributed by atoms with E-state index in [1.54, 1.807) is 6.07 Å². The Morgan fingerprint density at radius 3 is 3.06 bits per heavy atom. The van der Waals surface area contributed by atoms with Crippen LogP contribution < -0.4 is 5.32 Å². The van der Waals surface area contributed by atoms with Gasteiger partial charge in [-0.2, -0.15) is 0 Å². The molecule has 1 unspecified atom stereocenters. The average molecular weight is 217 g/mol. The fourth-order valence-corrected chi connectivity index (χ4v) is 2.26. The second-order valence-corrected chi connectivity index (χ2v) is 4.11. The van der Waals surface area contributed by atoms with Gasteiger partial charge in [-0.15, -0.1) is 0 Å². The molecule has 16 heavy (non-hydrogen) atoms. The van der Waals surface area contributed by atoms with Crippen LogP contribution in [0.5, 0.6) is 0 Å². The number of halogens is 1. The van der Waals surface area contributed by atoms with Gasteiger partial charge >= 0.3 is 0 Å². The van der Waals surface area contributed by atoms with Gasteiger partial charge in [0.2, 0.25) is 0 Å². The molecular formula is C12H12FN3. The highest BCUT2D eigenvalue weighted by Crippen LogP contribution is 2.26. The Morgan fingerprint density at radius 2 is 2.25 bits per heavy atom. The van der Waals surface area contributed by atoms with Crippen LogP contribution in [0.15, 0.2) is 24.5 Å². The average Bonchev–Trinajstić information content (AvgIpc) is 2.81. The number of hydrogen-bond acceptors (Lipinski definition) is 3. The van der Waals surface area contributed by atoms with Crippen molar-refractivity contribution in [3.63, 3.8) is 0 Å². The Morgan fingerprint density at radius 1 is 1.31 bits per heavy atom. The minimum Gasteiger partial charge on any atom is -0.316 e. The van der Waals surface area contributed by atoms with Gasteiger partial charge in [0.05, 0.1) is 11.2 Å². The lowest BCUT2D eigenvalue weighted by Gasteiger charge is -2.10. The third-order valence-corrected chi connectivity index (χ3v) is 3.08. The first-order valence-corrected chi connectivity index (χ1v) is 5.45. The fraction of sp³-hybridized carbons (Fsp3) is 0.333. The lowest BCUT2D eigenvalue weighted by Crippen LogP contribution is -2.09. The Labute approximate surface area is 92.7 Å². The number of nitrogens with one attached hydrogen (secondary N) is 1. The normalized spacial score (nSPS) is 20.4. The van der Waals surface area contributed by atoms with Crippen molar-refractivity contribution in [1.82, 2.24) is 15.3 Å². The van der Waals surface area contributed by atoms with Gasteiger partial charge in [-0.1, -0.05) is 0 Å². The predicted octanol–water partition coefficient (Wildman–Crippen LogP) is 1.85. The molecule has 2 heterocycles. The summed E-state index contributed by atoms with van der Waals surface area (Å²) in [5.74, 6) is 0.178.